The Morgan fingerprint density at radius 3 is 2.54 bits per heavy atom. The SMILES string of the molecule is CCC(C)n1cc(C)nc1-c1cc(-c2cc3c(c(S(C)(=O)=O)c2)C(=O)N([C@@H](C)C2CC2)C3)ccn1. The number of rotatable bonds is 7. The Kier molecular flexibility index (Phi) is 5.82. The van der Waals surface area contributed by atoms with E-state index in [0.29, 0.717) is 18.0 Å². The second kappa shape index (κ2) is 8.59. The van der Waals surface area contributed by atoms with Crippen LogP contribution in [0.3, 0.4) is 0 Å². The quantitative estimate of drug-likeness (QED) is 0.461. The molecule has 184 valence electrons. The monoisotopic (exact) mass is 492 g/mol. The average molecular weight is 493 g/mol. The zero-order valence-electron chi connectivity index (χ0n) is 20.9. The molecule has 0 spiro atoms. The number of pyridine rings is 1. The molecule has 8 heteroatoms. The van der Waals surface area contributed by atoms with Gasteiger partial charge in [-0.1, -0.05) is 6.92 Å². The van der Waals surface area contributed by atoms with Gasteiger partial charge in [-0.25, -0.2) is 13.4 Å². The number of hydrogen-bond donors (Lipinski definition) is 0. The van der Waals surface area contributed by atoms with E-state index in [1.807, 2.05) is 36.2 Å². The average Bonchev–Trinajstić information content (AvgIpc) is 3.53. The Morgan fingerprint density at radius 2 is 1.89 bits per heavy atom. The van der Waals surface area contributed by atoms with E-state index in [-0.39, 0.29) is 22.9 Å². The Hall–Kier alpha value is -3.00. The molecule has 3 heterocycles. The first-order chi connectivity index (χ1) is 16.6. The van der Waals surface area contributed by atoms with Crippen molar-refractivity contribution in [3.8, 4) is 22.6 Å². The van der Waals surface area contributed by atoms with Crippen molar-refractivity contribution in [1.82, 2.24) is 19.4 Å². The van der Waals surface area contributed by atoms with Crippen molar-refractivity contribution >= 4 is 15.7 Å². The molecule has 0 saturated heterocycles. The third-order valence-electron chi connectivity index (χ3n) is 7.44. The maximum absolute atomic E-state index is 13.3. The van der Waals surface area contributed by atoms with Crippen molar-refractivity contribution in [2.75, 3.05) is 6.26 Å². The van der Waals surface area contributed by atoms with Crippen LogP contribution in [-0.4, -0.2) is 46.1 Å². The zero-order chi connectivity index (χ0) is 25.1. The number of carbonyl (C=O) groups excluding carboxylic acids is 1. The number of hydrogen-bond acceptors (Lipinski definition) is 5. The van der Waals surface area contributed by atoms with Gasteiger partial charge in [0.1, 0.15) is 5.69 Å². The van der Waals surface area contributed by atoms with Crippen molar-refractivity contribution in [3.05, 3.63) is 53.5 Å². The molecule has 1 aliphatic heterocycles. The van der Waals surface area contributed by atoms with Crippen LogP contribution in [0.25, 0.3) is 22.6 Å². The van der Waals surface area contributed by atoms with Crippen molar-refractivity contribution in [1.29, 1.82) is 0 Å². The lowest BCUT2D eigenvalue weighted by Crippen LogP contribution is -2.35. The summed E-state index contributed by atoms with van der Waals surface area (Å²) in [6.45, 7) is 8.77. The molecule has 0 radical (unpaired) electrons. The van der Waals surface area contributed by atoms with Crippen molar-refractivity contribution in [2.45, 2.75) is 70.5 Å². The molecule has 1 amide bonds. The highest BCUT2D eigenvalue weighted by atomic mass is 32.2. The maximum atomic E-state index is 13.3. The first-order valence-corrected chi connectivity index (χ1v) is 14.2. The minimum absolute atomic E-state index is 0.107. The largest absolute Gasteiger partial charge is 0.331 e. The molecular weight excluding hydrogens is 460 g/mol. The molecule has 0 N–H and O–H groups in total. The number of sulfone groups is 1. The standard InChI is InChI=1S/C27H32N4O3S/c1-6-17(3)30-14-16(2)29-26(30)23-12-20(9-10-28-23)21-11-22-15-31(18(4)19-7-8-19)27(32)25(22)24(13-21)35(5,33)34/h9-14,17-19H,6-8,15H2,1-5H3/t17?,18-/m0/s1. The van der Waals surface area contributed by atoms with E-state index in [9.17, 15) is 13.2 Å². The maximum Gasteiger partial charge on any atom is 0.256 e. The normalized spacial score (nSPS) is 17.5. The van der Waals surface area contributed by atoms with Crippen LogP contribution in [0.15, 0.2) is 41.6 Å². The predicted octanol–water partition coefficient (Wildman–Crippen LogP) is 5.05. The number of amides is 1. The van der Waals surface area contributed by atoms with Gasteiger partial charge in [0.25, 0.3) is 5.91 Å². The van der Waals surface area contributed by atoms with Crippen LogP contribution < -0.4 is 0 Å². The van der Waals surface area contributed by atoms with E-state index in [1.165, 1.54) is 6.26 Å². The van der Waals surface area contributed by atoms with Gasteiger partial charge in [-0.05, 0) is 86.9 Å². The summed E-state index contributed by atoms with van der Waals surface area (Å²) in [6, 6.07) is 7.83. The van der Waals surface area contributed by atoms with Gasteiger partial charge < -0.3 is 9.47 Å². The van der Waals surface area contributed by atoms with Gasteiger partial charge in [0.15, 0.2) is 15.7 Å². The Labute approximate surface area is 207 Å². The second-order valence-corrected chi connectivity index (χ2v) is 12.1. The molecule has 2 atom stereocenters. The van der Waals surface area contributed by atoms with Gasteiger partial charge in [0.2, 0.25) is 0 Å². The molecule has 1 aliphatic carbocycles. The molecule has 1 aromatic carbocycles. The highest BCUT2D eigenvalue weighted by Gasteiger charge is 2.40. The first kappa shape index (κ1) is 23.7. The van der Waals surface area contributed by atoms with Crippen molar-refractivity contribution < 1.29 is 13.2 Å². The summed E-state index contributed by atoms with van der Waals surface area (Å²) in [4.78, 5) is 24.5. The predicted molar refractivity (Wildman–Crippen MR) is 136 cm³/mol. The lowest BCUT2D eigenvalue weighted by Gasteiger charge is -2.24. The Balaban J connectivity index is 1.60. The van der Waals surface area contributed by atoms with Crippen LogP contribution in [0.1, 0.15) is 67.7 Å². The molecule has 5 rings (SSSR count). The minimum atomic E-state index is -3.61. The molecule has 35 heavy (non-hydrogen) atoms. The molecule has 2 aromatic heterocycles. The lowest BCUT2D eigenvalue weighted by molar-refractivity contribution is 0.0694. The highest BCUT2D eigenvalue weighted by molar-refractivity contribution is 7.90. The van der Waals surface area contributed by atoms with Gasteiger partial charge >= 0.3 is 0 Å². The van der Waals surface area contributed by atoms with E-state index in [1.54, 1.807) is 12.3 Å². The molecule has 3 aromatic rings. The van der Waals surface area contributed by atoms with E-state index in [0.717, 1.165) is 53.2 Å². The number of aryl methyl sites for hydroxylation is 1. The van der Waals surface area contributed by atoms with E-state index in [2.05, 4.69) is 30.3 Å². The third kappa shape index (κ3) is 4.29. The summed E-state index contributed by atoms with van der Waals surface area (Å²) in [7, 11) is -3.61. The van der Waals surface area contributed by atoms with Gasteiger partial charge in [-0.15, -0.1) is 0 Å². The minimum Gasteiger partial charge on any atom is -0.331 e. The molecule has 1 fully saturated rings. The number of nitrogens with zero attached hydrogens (tertiary/aromatic N) is 4. The molecule has 2 aliphatic rings. The number of benzene rings is 1. The summed E-state index contributed by atoms with van der Waals surface area (Å²) >= 11 is 0. The van der Waals surface area contributed by atoms with Crippen LogP contribution in [-0.2, 0) is 16.4 Å². The number of fused-ring (bicyclic) bond motifs is 1. The van der Waals surface area contributed by atoms with Crippen LogP contribution in [0.4, 0.5) is 0 Å². The van der Waals surface area contributed by atoms with E-state index in [4.69, 9.17) is 4.98 Å². The van der Waals surface area contributed by atoms with Gasteiger partial charge in [0.05, 0.1) is 16.2 Å². The first-order valence-electron chi connectivity index (χ1n) is 12.3. The fourth-order valence-electron chi connectivity index (χ4n) is 5.03. The molecule has 7 nitrogen and oxygen atoms in total. The Bertz CT molecular complexity index is 1420. The lowest BCUT2D eigenvalue weighted by atomic mass is 10.0. The van der Waals surface area contributed by atoms with Crippen LogP contribution in [0.2, 0.25) is 0 Å². The van der Waals surface area contributed by atoms with Crippen molar-refractivity contribution in [2.24, 2.45) is 5.92 Å². The highest BCUT2D eigenvalue weighted by Crippen LogP contribution is 2.41. The second-order valence-electron chi connectivity index (χ2n) is 10.1. The van der Waals surface area contributed by atoms with Gasteiger partial charge in [-0.2, -0.15) is 0 Å². The van der Waals surface area contributed by atoms with E-state index < -0.39 is 9.84 Å². The summed E-state index contributed by atoms with van der Waals surface area (Å²) in [5, 5.41) is 0. The van der Waals surface area contributed by atoms with Crippen molar-refractivity contribution in [3.63, 3.8) is 0 Å². The molecular formula is C27H32N4O3S. The van der Waals surface area contributed by atoms with Crippen LogP contribution in [0.5, 0.6) is 0 Å². The third-order valence-corrected chi connectivity index (χ3v) is 8.56. The number of imidazole rings is 1. The summed E-state index contributed by atoms with van der Waals surface area (Å²) < 4.78 is 27.7. The summed E-state index contributed by atoms with van der Waals surface area (Å²) in [6.07, 6.45) is 8.16. The van der Waals surface area contributed by atoms with Crippen LogP contribution >= 0.6 is 0 Å². The number of aromatic nitrogens is 3. The zero-order valence-corrected chi connectivity index (χ0v) is 21.8. The molecule has 1 saturated carbocycles. The molecule has 0 bridgehead atoms. The fourth-order valence-corrected chi connectivity index (χ4v) is 5.96. The van der Waals surface area contributed by atoms with E-state index >= 15 is 0 Å². The van der Waals surface area contributed by atoms with Gasteiger partial charge in [-0.3, -0.25) is 9.78 Å². The van der Waals surface area contributed by atoms with Gasteiger partial charge in [0, 0.05) is 37.3 Å². The summed E-state index contributed by atoms with van der Waals surface area (Å²) in [5.41, 5.74) is 4.38. The molecule has 1 unspecified atom stereocenters. The van der Waals surface area contributed by atoms with Crippen LogP contribution in [0, 0.1) is 12.8 Å². The summed E-state index contributed by atoms with van der Waals surface area (Å²) in [5.74, 6) is 1.13. The Morgan fingerprint density at radius 1 is 1.14 bits per heavy atom. The number of carbonyl (C=O) groups is 1. The fraction of sp³-hybridized carbons (Fsp3) is 0.444. The smallest absolute Gasteiger partial charge is 0.256 e. The topological polar surface area (TPSA) is 85.2 Å².